The first kappa shape index (κ1) is 25.9. The third-order valence-electron chi connectivity index (χ3n) is 6.95. The number of rotatable bonds is 11. The molecule has 0 amide bonds. The van der Waals surface area contributed by atoms with Gasteiger partial charge in [-0.2, -0.15) is 0 Å². The lowest BCUT2D eigenvalue weighted by Gasteiger charge is -2.27. The first-order valence-electron chi connectivity index (χ1n) is 13.4. The van der Waals surface area contributed by atoms with Gasteiger partial charge in [0.05, 0.1) is 24.2 Å². The molecule has 0 unspecified atom stereocenters. The molecule has 38 heavy (non-hydrogen) atoms. The van der Waals surface area contributed by atoms with Gasteiger partial charge in [-0.3, -0.25) is 4.90 Å². The molecule has 2 aromatic carbocycles. The average Bonchev–Trinajstić information content (AvgIpc) is 3.49. The standard InChI is InChI=1S/C30H35FN6O/c1-4-17-36(19-21-7-6-8-25(18-21)38-3)20-24-13-14-27-35-28(22-9-11-23(31)12-10-22)29(37(24)27)26-15-16-33-30(34-26)32-5-2/h6-12,15-16,18,24H,4-5,13-14,17,19-20H2,1-3H3,(H,32,33,34)/t24-/m0/s1. The highest BCUT2D eigenvalue weighted by molar-refractivity contribution is 5.78. The molecule has 0 radical (unpaired) electrons. The summed E-state index contributed by atoms with van der Waals surface area (Å²) >= 11 is 0. The van der Waals surface area contributed by atoms with Gasteiger partial charge in [0.25, 0.3) is 0 Å². The number of aryl methyl sites for hydroxylation is 1. The molecular weight excluding hydrogens is 479 g/mol. The summed E-state index contributed by atoms with van der Waals surface area (Å²) in [6.07, 6.45) is 4.76. The number of nitrogens with zero attached hydrogens (tertiary/aromatic N) is 5. The Labute approximate surface area is 223 Å². The summed E-state index contributed by atoms with van der Waals surface area (Å²) in [6.45, 7) is 7.72. The Morgan fingerprint density at radius 3 is 2.71 bits per heavy atom. The highest BCUT2D eigenvalue weighted by Gasteiger charge is 2.32. The van der Waals surface area contributed by atoms with Crippen molar-refractivity contribution in [2.45, 2.75) is 45.7 Å². The van der Waals surface area contributed by atoms with Crippen LogP contribution in [0.25, 0.3) is 22.6 Å². The predicted octanol–water partition coefficient (Wildman–Crippen LogP) is 5.99. The fourth-order valence-electron chi connectivity index (χ4n) is 5.31. The maximum atomic E-state index is 13.8. The minimum absolute atomic E-state index is 0.247. The fourth-order valence-corrected chi connectivity index (χ4v) is 5.31. The summed E-state index contributed by atoms with van der Waals surface area (Å²) in [4.78, 5) is 16.8. The largest absolute Gasteiger partial charge is 0.497 e. The van der Waals surface area contributed by atoms with Crippen molar-refractivity contribution in [1.29, 1.82) is 0 Å². The van der Waals surface area contributed by atoms with Gasteiger partial charge in [-0.15, -0.1) is 0 Å². The first-order chi connectivity index (χ1) is 18.6. The predicted molar refractivity (Wildman–Crippen MR) is 149 cm³/mol. The van der Waals surface area contributed by atoms with E-state index in [1.807, 2.05) is 25.1 Å². The zero-order chi connectivity index (χ0) is 26.5. The first-order valence-corrected chi connectivity index (χ1v) is 13.4. The highest BCUT2D eigenvalue weighted by Crippen LogP contribution is 2.39. The van der Waals surface area contributed by atoms with Crippen molar-refractivity contribution < 1.29 is 9.13 Å². The summed E-state index contributed by atoms with van der Waals surface area (Å²) in [5.41, 5.74) is 4.73. The van der Waals surface area contributed by atoms with E-state index < -0.39 is 0 Å². The normalized spacial score (nSPS) is 14.6. The van der Waals surface area contributed by atoms with Gasteiger partial charge < -0.3 is 14.6 Å². The Bertz CT molecular complexity index is 1370. The number of nitrogens with one attached hydrogen (secondary N) is 1. The monoisotopic (exact) mass is 514 g/mol. The number of benzene rings is 2. The minimum Gasteiger partial charge on any atom is -0.497 e. The van der Waals surface area contributed by atoms with E-state index in [-0.39, 0.29) is 11.9 Å². The number of aromatic nitrogens is 4. The Morgan fingerprint density at radius 2 is 1.95 bits per heavy atom. The molecule has 7 nitrogen and oxygen atoms in total. The molecule has 8 heteroatoms. The van der Waals surface area contributed by atoms with E-state index in [0.29, 0.717) is 5.95 Å². The maximum absolute atomic E-state index is 13.8. The van der Waals surface area contributed by atoms with Crippen molar-refractivity contribution in [2.24, 2.45) is 0 Å². The van der Waals surface area contributed by atoms with Crippen LogP contribution in [0.2, 0.25) is 0 Å². The van der Waals surface area contributed by atoms with Gasteiger partial charge >= 0.3 is 0 Å². The molecule has 0 fully saturated rings. The van der Waals surface area contributed by atoms with Crippen LogP contribution in [0.3, 0.4) is 0 Å². The summed E-state index contributed by atoms with van der Waals surface area (Å²) in [5, 5.41) is 3.22. The zero-order valence-corrected chi connectivity index (χ0v) is 22.3. The number of anilines is 1. The van der Waals surface area contributed by atoms with Gasteiger partial charge in [0.15, 0.2) is 0 Å². The second-order valence-electron chi connectivity index (χ2n) is 9.68. The van der Waals surface area contributed by atoms with E-state index in [2.05, 4.69) is 38.8 Å². The average molecular weight is 515 g/mol. The molecule has 1 aliphatic rings. The molecule has 5 rings (SSSR count). The van der Waals surface area contributed by atoms with Crippen LogP contribution in [0.4, 0.5) is 10.3 Å². The van der Waals surface area contributed by atoms with Crippen molar-refractivity contribution in [3.05, 3.63) is 78.0 Å². The van der Waals surface area contributed by atoms with Crippen LogP contribution in [0, 0.1) is 5.82 Å². The number of hydrogen-bond acceptors (Lipinski definition) is 6. The maximum Gasteiger partial charge on any atom is 0.223 e. The molecule has 0 bridgehead atoms. The van der Waals surface area contributed by atoms with Gasteiger partial charge in [-0.1, -0.05) is 19.1 Å². The molecule has 0 spiro atoms. The SMILES string of the molecule is CCCN(Cc1cccc(OC)c1)C[C@@H]1CCc2nc(-c3ccc(F)cc3)c(-c3ccnc(NCC)n3)n21. The van der Waals surface area contributed by atoms with E-state index in [4.69, 9.17) is 14.7 Å². The third kappa shape index (κ3) is 5.55. The van der Waals surface area contributed by atoms with E-state index >= 15 is 0 Å². The molecule has 198 valence electrons. The smallest absolute Gasteiger partial charge is 0.223 e. The molecule has 0 saturated heterocycles. The summed E-state index contributed by atoms with van der Waals surface area (Å²) in [6, 6.07) is 17.1. The number of imidazole rings is 1. The third-order valence-corrected chi connectivity index (χ3v) is 6.95. The lowest BCUT2D eigenvalue weighted by Crippen LogP contribution is -2.30. The topological polar surface area (TPSA) is 68.1 Å². The van der Waals surface area contributed by atoms with Gasteiger partial charge in [-0.25, -0.2) is 19.3 Å². The Morgan fingerprint density at radius 1 is 1.11 bits per heavy atom. The Kier molecular flexibility index (Phi) is 7.98. The van der Waals surface area contributed by atoms with E-state index in [1.165, 1.54) is 17.7 Å². The van der Waals surface area contributed by atoms with Gasteiger partial charge in [0.2, 0.25) is 5.95 Å². The molecule has 3 heterocycles. The van der Waals surface area contributed by atoms with Crippen LogP contribution < -0.4 is 10.1 Å². The zero-order valence-electron chi connectivity index (χ0n) is 22.3. The van der Waals surface area contributed by atoms with Crippen molar-refractivity contribution in [3.8, 4) is 28.4 Å². The van der Waals surface area contributed by atoms with E-state index in [9.17, 15) is 4.39 Å². The van der Waals surface area contributed by atoms with Crippen molar-refractivity contribution in [1.82, 2.24) is 24.4 Å². The van der Waals surface area contributed by atoms with Crippen LogP contribution in [0.5, 0.6) is 5.75 Å². The van der Waals surface area contributed by atoms with E-state index in [1.54, 1.807) is 25.4 Å². The van der Waals surface area contributed by atoms with Crippen LogP contribution in [0.15, 0.2) is 60.8 Å². The molecule has 0 saturated carbocycles. The number of fused-ring (bicyclic) bond motifs is 1. The number of ether oxygens (including phenoxy) is 1. The minimum atomic E-state index is -0.260. The number of halogens is 1. The second-order valence-corrected chi connectivity index (χ2v) is 9.68. The number of hydrogen-bond donors (Lipinski definition) is 1. The molecular formula is C30H35FN6O. The lowest BCUT2D eigenvalue weighted by atomic mass is 10.1. The van der Waals surface area contributed by atoms with Crippen LogP contribution >= 0.6 is 0 Å². The summed E-state index contributed by atoms with van der Waals surface area (Å²) < 4.78 is 21.6. The van der Waals surface area contributed by atoms with Crippen LogP contribution in [-0.2, 0) is 13.0 Å². The molecule has 4 aromatic rings. The van der Waals surface area contributed by atoms with Crippen LogP contribution in [-0.4, -0.2) is 51.2 Å². The van der Waals surface area contributed by atoms with Gasteiger partial charge in [0, 0.05) is 43.9 Å². The number of methoxy groups -OCH3 is 1. The molecule has 1 aliphatic heterocycles. The van der Waals surface area contributed by atoms with Crippen molar-refractivity contribution >= 4 is 5.95 Å². The summed E-state index contributed by atoms with van der Waals surface area (Å²) in [7, 11) is 1.71. The molecule has 2 aromatic heterocycles. The fraction of sp³-hybridized carbons (Fsp3) is 0.367. The molecule has 1 N–H and O–H groups in total. The van der Waals surface area contributed by atoms with Crippen LogP contribution in [0.1, 0.15) is 44.1 Å². The Hall–Kier alpha value is -3.78. The van der Waals surface area contributed by atoms with Gasteiger partial charge in [0.1, 0.15) is 17.4 Å². The summed E-state index contributed by atoms with van der Waals surface area (Å²) in [5.74, 6) is 2.25. The van der Waals surface area contributed by atoms with Crippen molar-refractivity contribution in [3.63, 3.8) is 0 Å². The highest BCUT2D eigenvalue weighted by atomic mass is 19.1. The van der Waals surface area contributed by atoms with Crippen molar-refractivity contribution in [2.75, 3.05) is 32.1 Å². The lowest BCUT2D eigenvalue weighted by molar-refractivity contribution is 0.227. The molecule has 0 aliphatic carbocycles. The quantitative estimate of drug-likeness (QED) is 0.265. The Balaban J connectivity index is 1.53. The van der Waals surface area contributed by atoms with Gasteiger partial charge in [-0.05, 0) is 74.3 Å². The second kappa shape index (κ2) is 11.7. The molecule has 1 atom stereocenters. The van der Waals surface area contributed by atoms with E-state index in [0.717, 1.165) is 79.7 Å².